The molecule has 0 bridgehead atoms. The molecule has 7 atom stereocenters. The van der Waals surface area contributed by atoms with Crippen LogP contribution in [0.4, 0.5) is 0 Å². The summed E-state index contributed by atoms with van der Waals surface area (Å²) < 4.78 is 40.5. The third kappa shape index (κ3) is 13.5. The van der Waals surface area contributed by atoms with E-state index in [1.54, 1.807) is 0 Å². The fourth-order valence-corrected chi connectivity index (χ4v) is 8.55. The molecule has 0 radical (unpaired) electrons. The minimum atomic E-state index is -0.842. The first-order valence-electron chi connectivity index (χ1n) is 22.3. The molecule has 1 aromatic heterocycles. The van der Waals surface area contributed by atoms with Crippen molar-refractivity contribution in [2.24, 2.45) is 0 Å². The summed E-state index contributed by atoms with van der Waals surface area (Å²) in [5.41, 5.74) is 4.62. The predicted octanol–water partition coefficient (Wildman–Crippen LogP) is 9.77. The van der Waals surface area contributed by atoms with Crippen molar-refractivity contribution in [2.45, 2.75) is 167 Å². The molecule has 11 nitrogen and oxygen atoms in total. The minimum Gasteiger partial charge on any atom is -0.456 e. The Labute approximate surface area is 356 Å². The van der Waals surface area contributed by atoms with Crippen LogP contribution in [0.3, 0.4) is 0 Å². The Morgan fingerprint density at radius 2 is 1.23 bits per heavy atom. The third-order valence-electron chi connectivity index (χ3n) is 11.5. The second kappa shape index (κ2) is 24.1. The lowest BCUT2D eigenvalue weighted by Gasteiger charge is -2.42. The summed E-state index contributed by atoms with van der Waals surface area (Å²) in [5.74, 6) is -0.930. The number of carbonyl (C=O) groups excluding carboxylic acids is 2. The number of nitrogens with zero attached hydrogens (tertiary/aromatic N) is 3. The van der Waals surface area contributed by atoms with Gasteiger partial charge in [0.05, 0.1) is 50.4 Å². The standard InChI is InChI=1S/C49H65N3O8/c1-4-5-6-7-8-9-10-11-12-22-29-42-46-49(59-37(3)54)47(58-36(2)53)43(52(46)51-50-42)30-41-31-44(56-33-39-25-18-14-19-26-39)48(57-34-40-27-20-15-21-28-40)45(60-41)35-55-32-38-23-16-13-17-24-38/h13-21,23-28,41,43-45,47-49H,4-12,22,29-35H2,1-3H3/t41-,43+,44-,45-,47+,48-,49-/m1/s1. The Kier molecular flexibility index (Phi) is 18.1. The zero-order chi connectivity index (χ0) is 41.9. The van der Waals surface area contributed by atoms with E-state index in [-0.39, 0.29) is 18.8 Å². The van der Waals surface area contributed by atoms with E-state index < -0.39 is 42.4 Å². The van der Waals surface area contributed by atoms with Crippen LogP contribution >= 0.6 is 0 Å². The minimum absolute atomic E-state index is 0.266. The summed E-state index contributed by atoms with van der Waals surface area (Å²) in [5, 5.41) is 9.28. The maximum absolute atomic E-state index is 12.7. The van der Waals surface area contributed by atoms with Gasteiger partial charge in [0.1, 0.15) is 17.9 Å². The van der Waals surface area contributed by atoms with Gasteiger partial charge in [0.15, 0.2) is 12.2 Å². The van der Waals surface area contributed by atoms with Crippen LogP contribution in [0.15, 0.2) is 91.0 Å². The molecule has 0 aliphatic carbocycles. The van der Waals surface area contributed by atoms with E-state index in [0.717, 1.165) is 35.2 Å². The number of hydrogen-bond acceptors (Lipinski definition) is 10. The molecule has 4 aromatic rings. The zero-order valence-corrected chi connectivity index (χ0v) is 35.8. The Morgan fingerprint density at radius 1 is 0.683 bits per heavy atom. The average Bonchev–Trinajstić information content (AvgIpc) is 3.78. The quantitative estimate of drug-likeness (QED) is 0.0472. The molecule has 1 saturated heterocycles. The summed E-state index contributed by atoms with van der Waals surface area (Å²) >= 11 is 0. The van der Waals surface area contributed by atoms with Crippen molar-refractivity contribution >= 4 is 11.9 Å². The van der Waals surface area contributed by atoms with Gasteiger partial charge in [-0.2, -0.15) is 0 Å². The van der Waals surface area contributed by atoms with Crippen LogP contribution in [0.25, 0.3) is 0 Å². The monoisotopic (exact) mass is 823 g/mol. The van der Waals surface area contributed by atoms with Crippen molar-refractivity contribution in [3.8, 4) is 0 Å². The van der Waals surface area contributed by atoms with Crippen LogP contribution in [-0.4, -0.2) is 64.1 Å². The maximum Gasteiger partial charge on any atom is 0.303 e. The van der Waals surface area contributed by atoms with E-state index in [1.165, 1.54) is 65.2 Å². The van der Waals surface area contributed by atoms with Crippen molar-refractivity contribution in [3.63, 3.8) is 0 Å². The Bertz CT molecular complexity index is 1840. The number of hydrogen-bond donors (Lipinski definition) is 0. The van der Waals surface area contributed by atoms with Gasteiger partial charge in [-0.25, -0.2) is 4.68 Å². The molecule has 0 spiro atoms. The van der Waals surface area contributed by atoms with Gasteiger partial charge in [-0.05, 0) is 36.0 Å². The van der Waals surface area contributed by atoms with Crippen molar-refractivity contribution in [3.05, 3.63) is 119 Å². The van der Waals surface area contributed by atoms with Crippen LogP contribution in [0.5, 0.6) is 0 Å². The molecule has 3 aromatic carbocycles. The molecule has 6 rings (SSSR count). The van der Waals surface area contributed by atoms with Crippen molar-refractivity contribution < 1.29 is 38.0 Å². The fourth-order valence-electron chi connectivity index (χ4n) is 8.55. The average molecular weight is 824 g/mol. The van der Waals surface area contributed by atoms with Crippen LogP contribution in [-0.2, 0) is 64.3 Å². The molecule has 0 amide bonds. The topological polar surface area (TPSA) is 120 Å². The summed E-state index contributed by atoms with van der Waals surface area (Å²) in [4.78, 5) is 25.3. The van der Waals surface area contributed by atoms with Crippen molar-refractivity contribution in [1.29, 1.82) is 0 Å². The molecule has 324 valence electrons. The highest BCUT2D eigenvalue weighted by atomic mass is 16.6. The molecule has 2 aliphatic heterocycles. The highest BCUT2D eigenvalue weighted by Crippen LogP contribution is 2.44. The molecule has 0 unspecified atom stereocenters. The summed E-state index contributed by atoms with van der Waals surface area (Å²) in [6.45, 7) is 6.46. The second-order valence-corrected chi connectivity index (χ2v) is 16.3. The Morgan fingerprint density at radius 3 is 1.82 bits per heavy atom. The van der Waals surface area contributed by atoms with E-state index in [9.17, 15) is 9.59 Å². The van der Waals surface area contributed by atoms with Crippen LogP contribution in [0.2, 0.25) is 0 Å². The summed E-state index contributed by atoms with van der Waals surface area (Å²) in [6, 6.07) is 29.7. The lowest BCUT2D eigenvalue weighted by atomic mass is 9.92. The number of esters is 2. The molecule has 11 heteroatoms. The number of ether oxygens (including phenoxy) is 6. The molecule has 2 aliphatic rings. The molecule has 0 N–H and O–H groups in total. The molecule has 3 heterocycles. The smallest absolute Gasteiger partial charge is 0.303 e. The first-order chi connectivity index (χ1) is 29.4. The highest BCUT2D eigenvalue weighted by molar-refractivity contribution is 5.68. The van der Waals surface area contributed by atoms with Gasteiger partial charge >= 0.3 is 11.9 Å². The first kappa shape index (κ1) is 45.1. The van der Waals surface area contributed by atoms with E-state index in [0.29, 0.717) is 44.8 Å². The SMILES string of the molecule is CCCCCCCCCCCCc1nnn2c1[C@@H](OC(C)=O)[C@@H](OC(C)=O)[C@@H]2C[C@@H]1C[C@@H](OCc2ccccc2)[C@@H](OCc2ccccc2)[C@@H](COCc2ccccc2)O1. The van der Waals surface area contributed by atoms with E-state index in [1.807, 2.05) is 95.7 Å². The Balaban J connectivity index is 1.21. The largest absolute Gasteiger partial charge is 0.456 e. The number of rotatable bonds is 25. The van der Waals surface area contributed by atoms with Gasteiger partial charge in [-0.3, -0.25) is 9.59 Å². The molecule has 0 saturated carbocycles. The van der Waals surface area contributed by atoms with Gasteiger partial charge in [0.2, 0.25) is 0 Å². The number of aryl methyl sites for hydroxylation is 1. The number of unbranched alkanes of at least 4 members (excludes halogenated alkanes) is 9. The van der Waals surface area contributed by atoms with Gasteiger partial charge < -0.3 is 28.4 Å². The first-order valence-corrected chi connectivity index (χ1v) is 22.3. The highest BCUT2D eigenvalue weighted by Gasteiger charge is 2.51. The number of aromatic nitrogens is 3. The van der Waals surface area contributed by atoms with E-state index in [4.69, 9.17) is 28.4 Å². The summed E-state index contributed by atoms with van der Waals surface area (Å²) in [6.07, 6.45) is 10.5. The third-order valence-corrected chi connectivity index (χ3v) is 11.5. The maximum atomic E-state index is 12.7. The summed E-state index contributed by atoms with van der Waals surface area (Å²) in [7, 11) is 0. The molecular weight excluding hydrogens is 759 g/mol. The lowest BCUT2D eigenvalue weighted by Crippen LogP contribution is -2.53. The fraction of sp³-hybridized carbons (Fsp3) is 0.551. The Hall–Kier alpha value is -4.42. The van der Waals surface area contributed by atoms with Gasteiger partial charge in [-0.1, -0.05) is 161 Å². The van der Waals surface area contributed by atoms with Gasteiger partial charge in [0, 0.05) is 20.3 Å². The lowest BCUT2D eigenvalue weighted by molar-refractivity contribution is -0.224. The molecule has 1 fully saturated rings. The number of benzene rings is 3. The van der Waals surface area contributed by atoms with Crippen LogP contribution in [0, 0.1) is 0 Å². The van der Waals surface area contributed by atoms with Gasteiger partial charge in [0.25, 0.3) is 0 Å². The normalized spacial score (nSPS) is 22.4. The van der Waals surface area contributed by atoms with Crippen LogP contribution in [0.1, 0.15) is 138 Å². The van der Waals surface area contributed by atoms with Crippen molar-refractivity contribution in [2.75, 3.05) is 6.61 Å². The number of fused-ring (bicyclic) bond motifs is 1. The van der Waals surface area contributed by atoms with Gasteiger partial charge in [-0.15, -0.1) is 5.10 Å². The zero-order valence-electron chi connectivity index (χ0n) is 35.8. The molecular formula is C49H65N3O8. The molecule has 60 heavy (non-hydrogen) atoms. The van der Waals surface area contributed by atoms with E-state index in [2.05, 4.69) is 17.2 Å². The second-order valence-electron chi connectivity index (χ2n) is 16.3. The van der Waals surface area contributed by atoms with Crippen LogP contribution < -0.4 is 0 Å². The number of carbonyl (C=O) groups is 2. The van der Waals surface area contributed by atoms with Crippen molar-refractivity contribution in [1.82, 2.24) is 15.0 Å². The van der Waals surface area contributed by atoms with E-state index >= 15 is 0 Å². The predicted molar refractivity (Wildman–Crippen MR) is 229 cm³/mol.